The van der Waals surface area contributed by atoms with Crippen LogP contribution in [0.15, 0.2) is 51.7 Å². The third-order valence-corrected chi connectivity index (χ3v) is 5.74. The Balaban J connectivity index is 1.36. The Labute approximate surface area is 179 Å². The lowest BCUT2D eigenvalue weighted by Gasteiger charge is -2.34. The van der Waals surface area contributed by atoms with E-state index < -0.39 is 0 Å². The molecule has 0 unspecified atom stereocenters. The molecule has 6 nitrogen and oxygen atoms in total. The van der Waals surface area contributed by atoms with Crippen LogP contribution in [0.4, 0.5) is 4.39 Å². The summed E-state index contributed by atoms with van der Waals surface area (Å²) in [7, 11) is 0. The first-order chi connectivity index (χ1) is 14.9. The van der Waals surface area contributed by atoms with Crippen LogP contribution in [0, 0.1) is 19.7 Å². The van der Waals surface area contributed by atoms with E-state index in [0.29, 0.717) is 44.1 Å². The number of piperazine rings is 1. The van der Waals surface area contributed by atoms with Crippen LogP contribution in [0.3, 0.4) is 0 Å². The van der Waals surface area contributed by atoms with Crippen molar-refractivity contribution in [2.24, 2.45) is 0 Å². The van der Waals surface area contributed by atoms with Gasteiger partial charge in [0.05, 0.1) is 0 Å². The molecule has 31 heavy (non-hydrogen) atoms. The van der Waals surface area contributed by atoms with Crippen LogP contribution in [0.1, 0.15) is 16.7 Å². The second kappa shape index (κ2) is 8.89. The average molecular weight is 424 g/mol. The second-order valence-electron chi connectivity index (χ2n) is 7.92. The van der Waals surface area contributed by atoms with Gasteiger partial charge in [0.2, 0.25) is 0 Å². The molecule has 0 N–H and O–H groups in total. The summed E-state index contributed by atoms with van der Waals surface area (Å²) in [5, 5.41) is 0.953. The molecule has 0 spiro atoms. The first-order valence-corrected chi connectivity index (χ1v) is 10.3. The van der Waals surface area contributed by atoms with Gasteiger partial charge in [-0.15, -0.1) is 0 Å². The van der Waals surface area contributed by atoms with Crippen LogP contribution < -0.4 is 10.4 Å². The minimum Gasteiger partial charge on any atom is -0.484 e. The summed E-state index contributed by atoms with van der Waals surface area (Å²) in [6, 6.07) is 11.1. The van der Waals surface area contributed by atoms with E-state index in [1.165, 1.54) is 24.3 Å². The quantitative estimate of drug-likeness (QED) is 0.589. The largest absolute Gasteiger partial charge is 0.484 e. The maximum atomic E-state index is 13.0. The summed E-state index contributed by atoms with van der Waals surface area (Å²) < 4.78 is 23.8. The summed E-state index contributed by atoms with van der Waals surface area (Å²) in [6.45, 7) is 7.17. The average Bonchev–Trinajstić information content (AvgIpc) is 2.75. The van der Waals surface area contributed by atoms with Crippen LogP contribution in [-0.4, -0.2) is 48.5 Å². The van der Waals surface area contributed by atoms with Gasteiger partial charge in [0.1, 0.15) is 17.1 Å². The summed E-state index contributed by atoms with van der Waals surface area (Å²) in [4.78, 5) is 28.5. The molecule has 162 valence electrons. The number of hydrogen-bond donors (Lipinski definition) is 0. The molecule has 1 aliphatic rings. The van der Waals surface area contributed by atoms with Crippen molar-refractivity contribution >= 4 is 16.9 Å². The highest BCUT2D eigenvalue weighted by molar-refractivity contribution is 5.82. The molecule has 0 radical (unpaired) electrons. The summed E-state index contributed by atoms with van der Waals surface area (Å²) >= 11 is 0. The minimum atomic E-state index is -0.350. The number of carbonyl (C=O) groups excluding carboxylic acids is 1. The lowest BCUT2D eigenvalue weighted by atomic mass is 10.0. The number of nitrogens with zero attached hydrogens (tertiary/aromatic N) is 2. The van der Waals surface area contributed by atoms with Crippen LogP contribution >= 0.6 is 0 Å². The highest BCUT2D eigenvalue weighted by Gasteiger charge is 2.22. The van der Waals surface area contributed by atoms with Gasteiger partial charge in [0.25, 0.3) is 5.91 Å². The number of halogens is 1. The zero-order valence-electron chi connectivity index (χ0n) is 17.7. The van der Waals surface area contributed by atoms with Gasteiger partial charge in [0.15, 0.2) is 6.61 Å². The van der Waals surface area contributed by atoms with E-state index in [9.17, 15) is 14.0 Å². The Morgan fingerprint density at radius 1 is 1.03 bits per heavy atom. The second-order valence-corrected chi connectivity index (χ2v) is 7.92. The van der Waals surface area contributed by atoms with E-state index >= 15 is 0 Å². The zero-order chi connectivity index (χ0) is 22.0. The van der Waals surface area contributed by atoms with Crippen molar-refractivity contribution < 1.29 is 18.3 Å². The van der Waals surface area contributed by atoms with E-state index in [1.54, 1.807) is 11.0 Å². The predicted octanol–water partition coefficient (Wildman–Crippen LogP) is 3.27. The van der Waals surface area contributed by atoms with Gasteiger partial charge in [-0.2, -0.15) is 0 Å². The number of ether oxygens (including phenoxy) is 1. The Hall–Kier alpha value is -3.19. The molecule has 1 aliphatic heterocycles. The van der Waals surface area contributed by atoms with Crippen molar-refractivity contribution in [3.63, 3.8) is 0 Å². The molecule has 7 heteroatoms. The van der Waals surface area contributed by atoms with E-state index in [4.69, 9.17) is 9.15 Å². The summed E-state index contributed by atoms with van der Waals surface area (Å²) in [6.07, 6.45) is 0. The first-order valence-electron chi connectivity index (χ1n) is 10.3. The number of benzene rings is 2. The Morgan fingerprint density at radius 2 is 1.71 bits per heavy atom. The normalized spacial score (nSPS) is 14.7. The highest BCUT2D eigenvalue weighted by atomic mass is 19.1. The molecule has 0 aliphatic carbocycles. The SMILES string of the molecule is Cc1cc2oc(=O)cc(CN3CCN(C(=O)COc4ccc(F)cc4)CC3)c2cc1C. The molecule has 1 saturated heterocycles. The van der Waals surface area contributed by atoms with E-state index in [-0.39, 0.29) is 24.0 Å². The third kappa shape index (κ3) is 4.94. The van der Waals surface area contributed by atoms with Gasteiger partial charge in [-0.05, 0) is 66.9 Å². The number of aryl methyl sites for hydroxylation is 2. The zero-order valence-corrected chi connectivity index (χ0v) is 17.7. The molecule has 3 aromatic rings. The number of hydrogen-bond acceptors (Lipinski definition) is 5. The van der Waals surface area contributed by atoms with E-state index in [2.05, 4.69) is 11.0 Å². The minimum absolute atomic E-state index is 0.0748. The van der Waals surface area contributed by atoms with Crippen LogP contribution in [-0.2, 0) is 11.3 Å². The summed E-state index contributed by atoms with van der Waals surface area (Å²) in [5.41, 5.74) is 3.44. The lowest BCUT2D eigenvalue weighted by Crippen LogP contribution is -2.49. The number of amides is 1. The molecule has 4 rings (SSSR count). The van der Waals surface area contributed by atoms with Crippen LogP contribution in [0.5, 0.6) is 5.75 Å². The highest BCUT2D eigenvalue weighted by Crippen LogP contribution is 2.23. The molecule has 0 bridgehead atoms. The molecule has 0 atom stereocenters. The smallest absolute Gasteiger partial charge is 0.336 e. The number of carbonyl (C=O) groups is 1. The molecule has 0 saturated carbocycles. The Morgan fingerprint density at radius 3 is 2.42 bits per heavy atom. The predicted molar refractivity (Wildman–Crippen MR) is 116 cm³/mol. The molecular weight excluding hydrogens is 399 g/mol. The lowest BCUT2D eigenvalue weighted by molar-refractivity contribution is -0.135. The van der Waals surface area contributed by atoms with Gasteiger partial charge >= 0.3 is 5.63 Å². The monoisotopic (exact) mass is 424 g/mol. The molecule has 1 fully saturated rings. The van der Waals surface area contributed by atoms with E-state index in [1.807, 2.05) is 19.9 Å². The standard InChI is InChI=1S/C24H25FN2O4/c1-16-11-21-18(13-24(29)31-22(21)12-17(16)2)14-26-7-9-27(10-8-26)23(28)15-30-20-5-3-19(25)4-6-20/h3-6,11-13H,7-10,14-15H2,1-2H3. The summed E-state index contributed by atoms with van der Waals surface area (Å²) in [5.74, 6) is 0.0265. The van der Waals surface area contributed by atoms with Crippen LogP contribution in [0.25, 0.3) is 11.0 Å². The molecule has 1 amide bonds. The van der Waals surface area contributed by atoms with Crippen molar-refractivity contribution in [1.29, 1.82) is 0 Å². The van der Waals surface area contributed by atoms with E-state index in [0.717, 1.165) is 22.1 Å². The first kappa shape index (κ1) is 21.1. The molecule has 2 heterocycles. The fourth-order valence-corrected chi connectivity index (χ4v) is 3.78. The molecular formula is C24H25FN2O4. The van der Waals surface area contributed by atoms with Gasteiger partial charge in [-0.3, -0.25) is 9.69 Å². The molecule has 2 aromatic carbocycles. The van der Waals surface area contributed by atoms with Gasteiger partial charge in [-0.25, -0.2) is 9.18 Å². The fraction of sp³-hybridized carbons (Fsp3) is 0.333. The van der Waals surface area contributed by atoms with Crippen LogP contribution in [0.2, 0.25) is 0 Å². The van der Waals surface area contributed by atoms with Gasteiger partial charge < -0.3 is 14.1 Å². The maximum Gasteiger partial charge on any atom is 0.336 e. The van der Waals surface area contributed by atoms with Crippen molar-refractivity contribution in [2.75, 3.05) is 32.8 Å². The molecule has 1 aromatic heterocycles. The maximum absolute atomic E-state index is 13.0. The Bertz CT molecular complexity index is 1150. The van der Waals surface area contributed by atoms with Crippen molar-refractivity contribution in [2.45, 2.75) is 20.4 Å². The fourth-order valence-electron chi connectivity index (χ4n) is 3.78. The van der Waals surface area contributed by atoms with Gasteiger partial charge in [0, 0.05) is 44.2 Å². The van der Waals surface area contributed by atoms with Crippen molar-refractivity contribution in [3.8, 4) is 5.75 Å². The Kier molecular flexibility index (Phi) is 6.04. The van der Waals surface area contributed by atoms with Crippen molar-refractivity contribution in [1.82, 2.24) is 9.80 Å². The number of rotatable bonds is 5. The topological polar surface area (TPSA) is 63.0 Å². The third-order valence-electron chi connectivity index (χ3n) is 5.74. The number of fused-ring (bicyclic) bond motifs is 1. The van der Waals surface area contributed by atoms with Crippen molar-refractivity contribution in [3.05, 3.63) is 75.4 Å². The van der Waals surface area contributed by atoms with Gasteiger partial charge in [-0.1, -0.05) is 0 Å².